The van der Waals surface area contributed by atoms with Crippen molar-refractivity contribution in [1.82, 2.24) is 5.32 Å². The molecule has 1 aliphatic rings. The maximum absolute atomic E-state index is 10.8. The van der Waals surface area contributed by atoms with Crippen molar-refractivity contribution in [2.24, 2.45) is 5.92 Å². The maximum atomic E-state index is 10.8. The standard InChI is InChI=1S/C14H20N2O2/c1-3-14(15-10(2)11-7-8-11)12-5-4-6-13(9-12)16(17)18/h4-6,9-11,14-15H,3,7-8H2,1-2H3. The Bertz CT molecular complexity index is 430. The van der Waals surface area contributed by atoms with E-state index in [4.69, 9.17) is 0 Å². The predicted octanol–water partition coefficient (Wildman–Crippen LogP) is 3.43. The molecule has 0 heterocycles. The Hall–Kier alpha value is -1.42. The number of nitro groups is 1. The Kier molecular flexibility index (Phi) is 3.97. The molecule has 1 N–H and O–H groups in total. The van der Waals surface area contributed by atoms with E-state index >= 15 is 0 Å². The summed E-state index contributed by atoms with van der Waals surface area (Å²) in [5, 5.41) is 14.4. The Labute approximate surface area is 108 Å². The van der Waals surface area contributed by atoms with Crippen molar-refractivity contribution >= 4 is 5.69 Å². The second-order valence-corrected chi connectivity index (χ2v) is 5.11. The molecule has 4 nitrogen and oxygen atoms in total. The molecular weight excluding hydrogens is 228 g/mol. The summed E-state index contributed by atoms with van der Waals surface area (Å²) in [4.78, 5) is 10.5. The largest absolute Gasteiger partial charge is 0.307 e. The molecule has 4 heteroatoms. The molecule has 2 atom stereocenters. The minimum absolute atomic E-state index is 0.173. The Morgan fingerprint density at radius 2 is 2.22 bits per heavy atom. The zero-order valence-corrected chi connectivity index (χ0v) is 10.9. The van der Waals surface area contributed by atoms with Crippen molar-refractivity contribution in [2.75, 3.05) is 0 Å². The lowest BCUT2D eigenvalue weighted by Crippen LogP contribution is -2.31. The van der Waals surface area contributed by atoms with Crippen LogP contribution in [0.3, 0.4) is 0 Å². The zero-order valence-electron chi connectivity index (χ0n) is 10.9. The molecule has 0 spiro atoms. The lowest BCUT2D eigenvalue weighted by molar-refractivity contribution is -0.384. The number of non-ortho nitro benzene ring substituents is 1. The number of nitrogens with zero attached hydrogens (tertiary/aromatic N) is 1. The highest BCUT2D eigenvalue weighted by atomic mass is 16.6. The summed E-state index contributed by atoms with van der Waals surface area (Å²) in [6.07, 6.45) is 3.55. The molecule has 1 aromatic carbocycles. The van der Waals surface area contributed by atoms with Crippen LogP contribution in [0.5, 0.6) is 0 Å². The number of nitro benzene ring substituents is 1. The first-order valence-electron chi connectivity index (χ1n) is 6.62. The average molecular weight is 248 g/mol. The van der Waals surface area contributed by atoms with Crippen LogP contribution in [0.4, 0.5) is 5.69 Å². The van der Waals surface area contributed by atoms with Crippen molar-refractivity contribution in [3.05, 3.63) is 39.9 Å². The molecule has 0 aliphatic heterocycles. The SMILES string of the molecule is CCC(NC(C)C1CC1)c1cccc([N+](=O)[O-])c1. The molecule has 1 fully saturated rings. The topological polar surface area (TPSA) is 55.2 Å². The van der Waals surface area contributed by atoms with E-state index in [-0.39, 0.29) is 16.7 Å². The third-order valence-corrected chi connectivity index (χ3v) is 3.68. The number of hydrogen-bond acceptors (Lipinski definition) is 3. The average Bonchev–Trinajstić information content (AvgIpc) is 3.20. The van der Waals surface area contributed by atoms with Gasteiger partial charge in [-0.3, -0.25) is 10.1 Å². The van der Waals surface area contributed by atoms with Gasteiger partial charge in [0.15, 0.2) is 0 Å². The van der Waals surface area contributed by atoms with Gasteiger partial charge in [0.25, 0.3) is 5.69 Å². The van der Waals surface area contributed by atoms with Gasteiger partial charge in [0.2, 0.25) is 0 Å². The highest BCUT2D eigenvalue weighted by Gasteiger charge is 2.29. The summed E-state index contributed by atoms with van der Waals surface area (Å²) in [5.41, 5.74) is 1.19. The van der Waals surface area contributed by atoms with Crippen molar-refractivity contribution in [2.45, 2.75) is 45.2 Å². The first-order chi connectivity index (χ1) is 8.61. The molecule has 98 valence electrons. The lowest BCUT2D eigenvalue weighted by Gasteiger charge is -2.22. The summed E-state index contributed by atoms with van der Waals surface area (Å²) in [7, 11) is 0. The first-order valence-corrected chi connectivity index (χ1v) is 6.62. The summed E-state index contributed by atoms with van der Waals surface area (Å²) >= 11 is 0. The molecule has 2 rings (SSSR count). The van der Waals surface area contributed by atoms with Gasteiger partial charge < -0.3 is 5.32 Å². The van der Waals surface area contributed by atoms with Crippen LogP contribution >= 0.6 is 0 Å². The predicted molar refractivity (Wildman–Crippen MR) is 71.5 cm³/mol. The molecule has 1 saturated carbocycles. The van der Waals surface area contributed by atoms with E-state index in [1.54, 1.807) is 18.2 Å². The molecule has 0 bridgehead atoms. The number of nitrogens with one attached hydrogen (secondary N) is 1. The lowest BCUT2D eigenvalue weighted by atomic mass is 10.0. The van der Waals surface area contributed by atoms with Crippen LogP contribution < -0.4 is 5.32 Å². The van der Waals surface area contributed by atoms with Gasteiger partial charge in [-0.25, -0.2) is 0 Å². The molecule has 0 saturated heterocycles. The van der Waals surface area contributed by atoms with E-state index in [0.29, 0.717) is 6.04 Å². The van der Waals surface area contributed by atoms with Crippen LogP contribution in [0.2, 0.25) is 0 Å². The fourth-order valence-electron chi connectivity index (χ4n) is 2.35. The van der Waals surface area contributed by atoms with Crippen LogP contribution in [-0.4, -0.2) is 11.0 Å². The quantitative estimate of drug-likeness (QED) is 0.619. The maximum Gasteiger partial charge on any atom is 0.269 e. The summed E-state index contributed by atoms with van der Waals surface area (Å²) < 4.78 is 0. The normalized spacial score (nSPS) is 18.3. The van der Waals surface area contributed by atoms with Gasteiger partial charge in [0, 0.05) is 24.2 Å². The van der Waals surface area contributed by atoms with E-state index < -0.39 is 0 Å². The molecule has 1 aromatic rings. The fraction of sp³-hybridized carbons (Fsp3) is 0.571. The summed E-state index contributed by atoms with van der Waals surface area (Å²) in [5.74, 6) is 0.790. The van der Waals surface area contributed by atoms with Gasteiger partial charge in [-0.1, -0.05) is 19.1 Å². The van der Waals surface area contributed by atoms with E-state index in [9.17, 15) is 10.1 Å². The number of hydrogen-bond donors (Lipinski definition) is 1. The third kappa shape index (κ3) is 3.07. The highest BCUT2D eigenvalue weighted by molar-refractivity contribution is 5.35. The second kappa shape index (κ2) is 5.48. The van der Waals surface area contributed by atoms with E-state index in [1.165, 1.54) is 12.8 Å². The molecule has 2 unspecified atom stereocenters. The van der Waals surface area contributed by atoms with E-state index in [0.717, 1.165) is 17.9 Å². The van der Waals surface area contributed by atoms with E-state index in [1.807, 2.05) is 6.07 Å². The monoisotopic (exact) mass is 248 g/mol. The molecular formula is C14H20N2O2. The fourth-order valence-corrected chi connectivity index (χ4v) is 2.35. The van der Waals surface area contributed by atoms with Crippen LogP contribution in [0.1, 0.15) is 44.7 Å². The Morgan fingerprint density at radius 3 is 2.78 bits per heavy atom. The zero-order chi connectivity index (χ0) is 13.1. The van der Waals surface area contributed by atoms with Gasteiger partial charge in [-0.05, 0) is 37.7 Å². The van der Waals surface area contributed by atoms with Crippen LogP contribution in [0, 0.1) is 16.0 Å². The van der Waals surface area contributed by atoms with Gasteiger partial charge in [0.1, 0.15) is 0 Å². The van der Waals surface area contributed by atoms with Crippen molar-refractivity contribution < 1.29 is 4.92 Å². The minimum atomic E-state index is -0.333. The Balaban J connectivity index is 2.10. The number of benzene rings is 1. The van der Waals surface area contributed by atoms with Gasteiger partial charge >= 0.3 is 0 Å². The summed E-state index contributed by atoms with van der Waals surface area (Å²) in [6, 6.07) is 7.66. The Morgan fingerprint density at radius 1 is 1.50 bits per heavy atom. The van der Waals surface area contributed by atoms with E-state index in [2.05, 4.69) is 19.2 Å². The molecule has 0 amide bonds. The molecule has 1 aliphatic carbocycles. The minimum Gasteiger partial charge on any atom is -0.307 e. The second-order valence-electron chi connectivity index (χ2n) is 5.11. The molecule has 0 aromatic heterocycles. The smallest absolute Gasteiger partial charge is 0.269 e. The van der Waals surface area contributed by atoms with Gasteiger partial charge in [-0.15, -0.1) is 0 Å². The van der Waals surface area contributed by atoms with Crippen molar-refractivity contribution in [3.63, 3.8) is 0 Å². The summed E-state index contributed by atoms with van der Waals surface area (Å²) in [6.45, 7) is 4.31. The molecule has 0 radical (unpaired) electrons. The number of rotatable bonds is 6. The van der Waals surface area contributed by atoms with Crippen LogP contribution in [0.15, 0.2) is 24.3 Å². The molecule has 18 heavy (non-hydrogen) atoms. The van der Waals surface area contributed by atoms with Crippen LogP contribution in [0.25, 0.3) is 0 Å². The highest BCUT2D eigenvalue weighted by Crippen LogP contribution is 2.34. The third-order valence-electron chi connectivity index (χ3n) is 3.68. The first kappa shape index (κ1) is 13.0. The van der Waals surface area contributed by atoms with Gasteiger partial charge in [0.05, 0.1) is 4.92 Å². The van der Waals surface area contributed by atoms with Gasteiger partial charge in [-0.2, -0.15) is 0 Å². The van der Waals surface area contributed by atoms with Crippen molar-refractivity contribution in [3.8, 4) is 0 Å². The van der Waals surface area contributed by atoms with Crippen molar-refractivity contribution in [1.29, 1.82) is 0 Å². The van der Waals surface area contributed by atoms with Crippen LogP contribution in [-0.2, 0) is 0 Å².